The minimum Gasteiger partial charge on any atom is -0.276 e. The second-order valence-corrected chi connectivity index (χ2v) is 4.22. The maximum absolute atomic E-state index is 11.3. The molecule has 1 fully saturated rings. The van der Waals surface area contributed by atoms with Gasteiger partial charge in [-0.2, -0.15) is 4.31 Å². The van der Waals surface area contributed by atoms with E-state index in [2.05, 4.69) is 13.8 Å². The van der Waals surface area contributed by atoms with E-state index in [1.54, 1.807) is 0 Å². The van der Waals surface area contributed by atoms with Crippen molar-refractivity contribution in [2.24, 2.45) is 0 Å². The van der Waals surface area contributed by atoms with Crippen LogP contribution in [0.15, 0.2) is 0 Å². The summed E-state index contributed by atoms with van der Waals surface area (Å²) >= 11 is -1.16. The largest absolute Gasteiger partial charge is 0.276 e. The van der Waals surface area contributed by atoms with Crippen LogP contribution < -0.4 is 0 Å². The standard InChI is InChI=1S/C8H17NO2S/c1-3-5-8-7-11-12(10)9(8)6-4-2/h8H,3-7H2,1-2H3. The molecule has 0 aliphatic carbocycles. The zero-order chi connectivity index (χ0) is 8.97. The van der Waals surface area contributed by atoms with E-state index in [0.717, 1.165) is 25.8 Å². The van der Waals surface area contributed by atoms with Crippen LogP contribution in [0.3, 0.4) is 0 Å². The Kier molecular flexibility index (Phi) is 4.18. The molecular formula is C8H17NO2S. The van der Waals surface area contributed by atoms with Gasteiger partial charge >= 0.3 is 0 Å². The molecule has 0 aromatic carbocycles. The van der Waals surface area contributed by atoms with Gasteiger partial charge in [-0.1, -0.05) is 20.3 Å². The fraction of sp³-hybridized carbons (Fsp3) is 1.00. The van der Waals surface area contributed by atoms with E-state index in [9.17, 15) is 4.21 Å². The van der Waals surface area contributed by atoms with Crippen LogP contribution in [-0.4, -0.2) is 27.7 Å². The minimum atomic E-state index is -1.16. The first-order valence-electron chi connectivity index (χ1n) is 4.61. The van der Waals surface area contributed by atoms with Gasteiger partial charge in [-0.25, -0.2) is 4.21 Å². The van der Waals surface area contributed by atoms with E-state index >= 15 is 0 Å². The molecule has 72 valence electrons. The summed E-state index contributed by atoms with van der Waals surface area (Å²) in [5.41, 5.74) is 0. The third-order valence-corrected chi connectivity index (χ3v) is 3.23. The van der Waals surface area contributed by atoms with Gasteiger partial charge in [0, 0.05) is 12.6 Å². The first-order valence-corrected chi connectivity index (χ1v) is 5.64. The average Bonchev–Trinajstić information content (AvgIpc) is 2.37. The van der Waals surface area contributed by atoms with Gasteiger partial charge in [-0.15, -0.1) is 0 Å². The van der Waals surface area contributed by atoms with Crippen LogP contribution in [0.1, 0.15) is 33.1 Å². The molecule has 0 aromatic heterocycles. The van der Waals surface area contributed by atoms with Crippen molar-refractivity contribution in [1.29, 1.82) is 0 Å². The van der Waals surface area contributed by atoms with Crippen molar-refractivity contribution in [3.05, 3.63) is 0 Å². The van der Waals surface area contributed by atoms with Gasteiger partial charge in [0.25, 0.3) is 0 Å². The zero-order valence-corrected chi connectivity index (χ0v) is 8.60. The number of hydrogen-bond donors (Lipinski definition) is 0. The maximum atomic E-state index is 11.3. The topological polar surface area (TPSA) is 29.5 Å². The molecule has 0 radical (unpaired) electrons. The lowest BCUT2D eigenvalue weighted by Crippen LogP contribution is -2.31. The molecule has 4 heteroatoms. The Balaban J connectivity index is 2.45. The Hall–Kier alpha value is 0.0700. The average molecular weight is 191 g/mol. The third-order valence-electron chi connectivity index (χ3n) is 2.03. The van der Waals surface area contributed by atoms with Gasteiger partial charge in [-0.05, 0) is 12.8 Å². The van der Waals surface area contributed by atoms with Gasteiger partial charge in [0.15, 0.2) is 0 Å². The summed E-state index contributed by atoms with van der Waals surface area (Å²) in [7, 11) is 0. The molecule has 0 aromatic rings. The van der Waals surface area contributed by atoms with Crippen molar-refractivity contribution in [3.63, 3.8) is 0 Å². The smallest absolute Gasteiger partial charge is 0.237 e. The summed E-state index contributed by atoms with van der Waals surface area (Å²) in [5, 5.41) is 0. The van der Waals surface area contributed by atoms with Gasteiger partial charge in [0.05, 0.1) is 6.61 Å². The SMILES string of the molecule is CCCC1COS(=O)N1CCC. The molecule has 1 aliphatic rings. The van der Waals surface area contributed by atoms with Gasteiger partial charge in [-0.3, -0.25) is 4.18 Å². The van der Waals surface area contributed by atoms with Crippen molar-refractivity contribution in [2.75, 3.05) is 13.2 Å². The van der Waals surface area contributed by atoms with Crippen LogP contribution in [0.2, 0.25) is 0 Å². The third kappa shape index (κ3) is 2.28. The lowest BCUT2D eigenvalue weighted by molar-refractivity contribution is 0.296. The highest BCUT2D eigenvalue weighted by Crippen LogP contribution is 2.18. The Bertz CT molecular complexity index is 163. The van der Waals surface area contributed by atoms with E-state index < -0.39 is 11.3 Å². The van der Waals surface area contributed by atoms with Crippen LogP contribution in [0, 0.1) is 0 Å². The molecule has 3 nitrogen and oxygen atoms in total. The Labute approximate surface area is 76.9 Å². The van der Waals surface area contributed by atoms with Crippen LogP contribution in [0.5, 0.6) is 0 Å². The molecule has 0 saturated carbocycles. The summed E-state index contributed by atoms with van der Waals surface area (Å²) in [6.45, 7) is 5.77. The van der Waals surface area contributed by atoms with Crippen molar-refractivity contribution in [1.82, 2.24) is 4.31 Å². The second kappa shape index (κ2) is 4.94. The van der Waals surface area contributed by atoms with Crippen LogP contribution in [0.25, 0.3) is 0 Å². The second-order valence-electron chi connectivity index (χ2n) is 3.08. The molecule has 0 amide bonds. The Morgan fingerprint density at radius 3 is 2.83 bits per heavy atom. The fourth-order valence-corrected chi connectivity index (χ4v) is 2.60. The fourth-order valence-electron chi connectivity index (χ4n) is 1.45. The normalized spacial score (nSPS) is 31.2. The van der Waals surface area contributed by atoms with E-state index in [-0.39, 0.29) is 0 Å². The monoisotopic (exact) mass is 191 g/mol. The maximum Gasteiger partial charge on any atom is 0.237 e. The van der Waals surface area contributed by atoms with Gasteiger partial charge < -0.3 is 0 Å². The predicted octanol–water partition coefficient (Wildman–Crippen LogP) is 1.48. The van der Waals surface area contributed by atoms with E-state index in [1.807, 2.05) is 4.31 Å². The number of hydrogen-bond acceptors (Lipinski definition) is 2. The lowest BCUT2D eigenvalue weighted by atomic mass is 10.2. The zero-order valence-electron chi connectivity index (χ0n) is 7.78. The van der Waals surface area contributed by atoms with Gasteiger partial charge in [0.1, 0.15) is 0 Å². The van der Waals surface area contributed by atoms with E-state index in [1.165, 1.54) is 0 Å². The van der Waals surface area contributed by atoms with Crippen LogP contribution in [-0.2, 0) is 15.4 Å². The van der Waals surface area contributed by atoms with Crippen molar-refractivity contribution in [3.8, 4) is 0 Å². The highest BCUT2D eigenvalue weighted by molar-refractivity contribution is 7.78. The van der Waals surface area contributed by atoms with Crippen LogP contribution >= 0.6 is 0 Å². The van der Waals surface area contributed by atoms with Gasteiger partial charge in [0.2, 0.25) is 11.3 Å². The summed E-state index contributed by atoms with van der Waals surface area (Å²) in [4.78, 5) is 0. The molecule has 2 unspecified atom stereocenters. The minimum absolute atomic E-state index is 0.385. The molecule has 0 bridgehead atoms. The van der Waals surface area contributed by atoms with Crippen LogP contribution in [0.4, 0.5) is 0 Å². The molecule has 0 N–H and O–H groups in total. The summed E-state index contributed by atoms with van der Waals surface area (Å²) < 4.78 is 18.3. The lowest BCUT2D eigenvalue weighted by Gasteiger charge is -2.18. The Morgan fingerprint density at radius 2 is 2.25 bits per heavy atom. The first-order chi connectivity index (χ1) is 5.79. The Morgan fingerprint density at radius 1 is 1.50 bits per heavy atom. The van der Waals surface area contributed by atoms with Crippen molar-refractivity contribution in [2.45, 2.75) is 39.2 Å². The molecular weight excluding hydrogens is 174 g/mol. The highest BCUT2D eigenvalue weighted by atomic mass is 32.2. The molecule has 1 heterocycles. The molecule has 1 saturated heterocycles. The molecule has 1 aliphatic heterocycles. The first kappa shape index (κ1) is 10.2. The molecule has 2 atom stereocenters. The molecule has 1 rings (SSSR count). The summed E-state index contributed by atoms with van der Waals surface area (Å²) in [6, 6.07) is 0.385. The predicted molar refractivity (Wildman–Crippen MR) is 49.8 cm³/mol. The summed E-state index contributed by atoms with van der Waals surface area (Å²) in [5.74, 6) is 0. The van der Waals surface area contributed by atoms with Crippen molar-refractivity contribution >= 4 is 11.3 Å². The van der Waals surface area contributed by atoms with E-state index in [4.69, 9.17) is 4.18 Å². The highest BCUT2D eigenvalue weighted by Gasteiger charge is 2.30. The number of nitrogens with zero attached hydrogens (tertiary/aromatic N) is 1. The van der Waals surface area contributed by atoms with E-state index in [0.29, 0.717) is 12.6 Å². The summed E-state index contributed by atoms with van der Waals surface area (Å²) in [6.07, 6.45) is 3.26. The van der Waals surface area contributed by atoms with Crippen molar-refractivity contribution < 1.29 is 8.39 Å². The molecule has 12 heavy (non-hydrogen) atoms. The number of rotatable bonds is 4. The molecule has 0 spiro atoms. The quantitative estimate of drug-likeness (QED) is 0.673.